The Labute approximate surface area is 128 Å². The summed E-state index contributed by atoms with van der Waals surface area (Å²) in [6, 6.07) is -0.361. The van der Waals surface area contributed by atoms with Crippen LogP contribution in [0.4, 0.5) is 0 Å². The first-order valence-corrected chi connectivity index (χ1v) is 8.39. The first kappa shape index (κ1) is 16.3. The highest BCUT2D eigenvalue weighted by atomic mass is 16.6. The Kier molecular flexibility index (Phi) is 5.28. The molecule has 2 aliphatic rings. The van der Waals surface area contributed by atoms with Gasteiger partial charge in [0.1, 0.15) is 11.6 Å². The molecule has 0 N–H and O–H groups in total. The molecule has 4 nitrogen and oxygen atoms in total. The van der Waals surface area contributed by atoms with Gasteiger partial charge in [-0.05, 0) is 52.4 Å². The van der Waals surface area contributed by atoms with Crippen molar-refractivity contribution in [3.05, 3.63) is 0 Å². The number of nitrogens with zero attached hydrogens (tertiary/aromatic N) is 1. The number of hydrogen-bond acceptors (Lipinski definition) is 3. The molecule has 0 aromatic carbocycles. The summed E-state index contributed by atoms with van der Waals surface area (Å²) in [6.07, 6.45) is 8.37. The maximum Gasteiger partial charge on any atom is 0.329 e. The van der Waals surface area contributed by atoms with E-state index in [-0.39, 0.29) is 17.9 Å². The molecule has 120 valence electrons. The fourth-order valence-electron chi connectivity index (χ4n) is 3.44. The lowest BCUT2D eigenvalue weighted by Gasteiger charge is -2.29. The summed E-state index contributed by atoms with van der Waals surface area (Å²) in [5.41, 5.74) is -0.488. The zero-order valence-electron chi connectivity index (χ0n) is 13.7. The Bertz CT molecular complexity index is 380. The molecule has 1 heterocycles. The molecule has 1 aliphatic carbocycles. The van der Waals surface area contributed by atoms with E-state index in [0.29, 0.717) is 18.9 Å². The molecule has 4 heteroatoms. The minimum absolute atomic E-state index is 0.148. The Morgan fingerprint density at radius 2 is 1.71 bits per heavy atom. The molecule has 1 saturated heterocycles. The van der Waals surface area contributed by atoms with Crippen LogP contribution in [-0.2, 0) is 14.3 Å². The third kappa shape index (κ3) is 4.72. The van der Waals surface area contributed by atoms with Crippen molar-refractivity contribution in [2.45, 2.75) is 83.8 Å². The van der Waals surface area contributed by atoms with Crippen LogP contribution in [0.3, 0.4) is 0 Å². The quantitative estimate of drug-likeness (QED) is 0.751. The van der Waals surface area contributed by atoms with Crippen molar-refractivity contribution >= 4 is 11.9 Å². The smallest absolute Gasteiger partial charge is 0.329 e. The van der Waals surface area contributed by atoms with Crippen LogP contribution in [0.25, 0.3) is 0 Å². The predicted molar refractivity (Wildman–Crippen MR) is 81.8 cm³/mol. The van der Waals surface area contributed by atoms with Crippen molar-refractivity contribution in [2.24, 2.45) is 5.92 Å². The first-order valence-electron chi connectivity index (χ1n) is 8.39. The highest BCUT2D eigenvalue weighted by Crippen LogP contribution is 2.29. The van der Waals surface area contributed by atoms with Gasteiger partial charge in [-0.3, -0.25) is 4.79 Å². The normalized spacial score (nSPS) is 24.1. The van der Waals surface area contributed by atoms with Crippen molar-refractivity contribution in [1.29, 1.82) is 0 Å². The first-order chi connectivity index (χ1) is 9.87. The van der Waals surface area contributed by atoms with E-state index in [4.69, 9.17) is 4.74 Å². The van der Waals surface area contributed by atoms with Crippen LogP contribution in [-0.4, -0.2) is 35.0 Å². The number of esters is 1. The Hall–Kier alpha value is -1.06. The van der Waals surface area contributed by atoms with Crippen molar-refractivity contribution in [3.8, 4) is 0 Å². The number of rotatable bonds is 3. The largest absolute Gasteiger partial charge is 0.458 e. The molecule has 1 atom stereocenters. The van der Waals surface area contributed by atoms with Gasteiger partial charge < -0.3 is 9.64 Å². The van der Waals surface area contributed by atoms with Crippen molar-refractivity contribution in [3.63, 3.8) is 0 Å². The van der Waals surface area contributed by atoms with Crippen LogP contribution in [0.5, 0.6) is 0 Å². The van der Waals surface area contributed by atoms with E-state index in [1.165, 1.54) is 19.3 Å². The molecule has 0 radical (unpaired) electrons. The number of hydrogen-bond donors (Lipinski definition) is 0. The summed E-state index contributed by atoms with van der Waals surface area (Å²) >= 11 is 0. The Morgan fingerprint density at radius 1 is 1.05 bits per heavy atom. The highest BCUT2D eigenvalue weighted by molar-refractivity contribution is 5.85. The average molecular weight is 295 g/mol. The molecule has 0 bridgehead atoms. The Morgan fingerprint density at radius 3 is 2.33 bits per heavy atom. The molecule has 1 saturated carbocycles. The van der Waals surface area contributed by atoms with E-state index in [1.807, 2.05) is 20.8 Å². The van der Waals surface area contributed by atoms with Gasteiger partial charge in [0.25, 0.3) is 0 Å². The number of ether oxygens (including phenoxy) is 1. The third-order valence-corrected chi connectivity index (χ3v) is 4.44. The molecule has 0 aromatic rings. The predicted octanol–water partition coefficient (Wildman–Crippen LogP) is 3.29. The summed E-state index contributed by atoms with van der Waals surface area (Å²) in [4.78, 5) is 26.5. The van der Waals surface area contributed by atoms with E-state index in [0.717, 1.165) is 25.7 Å². The van der Waals surface area contributed by atoms with E-state index in [1.54, 1.807) is 4.90 Å². The minimum Gasteiger partial charge on any atom is -0.458 e. The second-order valence-corrected chi connectivity index (χ2v) is 7.49. The van der Waals surface area contributed by atoms with Crippen LogP contribution in [0.2, 0.25) is 0 Å². The zero-order chi connectivity index (χ0) is 15.5. The van der Waals surface area contributed by atoms with Crippen LogP contribution >= 0.6 is 0 Å². The lowest BCUT2D eigenvalue weighted by Crippen LogP contribution is -2.44. The number of likely N-dealkylation sites (tertiary alicyclic amines) is 1. The fraction of sp³-hybridized carbons (Fsp3) is 0.882. The number of carbonyl (C=O) groups excluding carboxylic acids is 2. The van der Waals surface area contributed by atoms with Crippen LogP contribution in [0.1, 0.15) is 72.1 Å². The van der Waals surface area contributed by atoms with Crippen LogP contribution in [0, 0.1) is 5.92 Å². The van der Waals surface area contributed by atoms with Gasteiger partial charge in [0, 0.05) is 13.0 Å². The Balaban J connectivity index is 1.91. The molecule has 21 heavy (non-hydrogen) atoms. The maximum absolute atomic E-state index is 12.5. The standard InChI is InChI=1S/C17H29NO3/c1-17(2,3)21-16(20)14-10-7-11-18(14)15(19)12-13-8-5-4-6-9-13/h13-14H,4-12H2,1-3H3/t14-/m0/s1. The van der Waals surface area contributed by atoms with Crippen LogP contribution < -0.4 is 0 Å². The summed E-state index contributed by atoms with van der Waals surface area (Å²) in [6.45, 7) is 6.31. The molecule has 1 amide bonds. The van der Waals surface area contributed by atoms with Crippen molar-refractivity contribution < 1.29 is 14.3 Å². The number of carbonyl (C=O) groups is 2. The molecule has 1 aliphatic heterocycles. The topological polar surface area (TPSA) is 46.6 Å². The molecule has 0 spiro atoms. The summed E-state index contributed by atoms with van der Waals surface area (Å²) in [5, 5.41) is 0. The van der Waals surface area contributed by atoms with E-state index in [9.17, 15) is 9.59 Å². The highest BCUT2D eigenvalue weighted by Gasteiger charge is 2.37. The van der Waals surface area contributed by atoms with E-state index in [2.05, 4.69) is 0 Å². The lowest BCUT2D eigenvalue weighted by molar-refractivity contribution is -0.163. The van der Waals surface area contributed by atoms with Gasteiger partial charge in [0.05, 0.1) is 0 Å². The summed E-state index contributed by atoms with van der Waals surface area (Å²) in [5.74, 6) is 0.429. The van der Waals surface area contributed by atoms with Crippen molar-refractivity contribution in [1.82, 2.24) is 4.90 Å². The monoisotopic (exact) mass is 295 g/mol. The third-order valence-electron chi connectivity index (χ3n) is 4.44. The average Bonchev–Trinajstić information content (AvgIpc) is 2.87. The van der Waals surface area contributed by atoms with Gasteiger partial charge in [-0.15, -0.1) is 0 Å². The second kappa shape index (κ2) is 6.80. The molecule has 2 rings (SSSR count). The van der Waals surface area contributed by atoms with Gasteiger partial charge in [-0.25, -0.2) is 4.79 Å². The van der Waals surface area contributed by atoms with Gasteiger partial charge in [0.2, 0.25) is 5.91 Å². The fourth-order valence-corrected chi connectivity index (χ4v) is 3.44. The zero-order valence-corrected chi connectivity index (χ0v) is 13.7. The SMILES string of the molecule is CC(C)(C)OC(=O)[C@@H]1CCCN1C(=O)CC1CCCCC1. The molecular formula is C17H29NO3. The molecular weight excluding hydrogens is 266 g/mol. The maximum atomic E-state index is 12.5. The number of amides is 1. The van der Waals surface area contributed by atoms with E-state index >= 15 is 0 Å². The molecule has 0 aromatic heterocycles. The van der Waals surface area contributed by atoms with Gasteiger partial charge >= 0.3 is 5.97 Å². The minimum atomic E-state index is -0.488. The summed E-state index contributed by atoms with van der Waals surface area (Å²) in [7, 11) is 0. The van der Waals surface area contributed by atoms with Gasteiger partial charge in [-0.2, -0.15) is 0 Å². The summed E-state index contributed by atoms with van der Waals surface area (Å²) < 4.78 is 5.46. The lowest BCUT2D eigenvalue weighted by atomic mass is 9.86. The van der Waals surface area contributed by atoms with Crippen LogP contribution in [0.15, 0.2) is 0 Å². The van der Waals surface area contributed by atoms with E-state index < -0.39 is 5.60 Å². The molecule has 2 fully saturated rings. The van der Waals surface area contributed by atoms with Crippen molar-refractivity contribution in [2.75, 3.05) is 6.54 Å². The second-order valence-electron chi connectivity index (χ2n) is 7.49. The molecule has 0 unspecified atom stereocenters. The van der Waals surface area contributed by atoms with Gasteiger partial charge in [-0.1, -0.05) is 19.3 Å². The van der Waals surface area contributed by atoms with Gasteiger partial charge in [0.15, 0.2) is 0 Å².